The molecule has 0 saturated heterocycles. The third-order valence-electron chi connectivity index (χ3n) is 2.70. The van der Waals surface area contributed by atoms with E-state index in [1.165, 1.54) is 19.1 Å². The second kappa shape index (κ2) is 5.99. The van der Waals surface area contributed by atoms with Crippen molar-refractivity contribution >= 4 is 0 Å². The fraction of sp³-hybridized carbons (Fsp3) is 0.818. The second-order valence-corrected chi connectivity index (χ2v) is 4.13. The molecule has 0 N–H and O–H groups in total. The Hall–Kier alpha value is -1.37. The van der Waals surface area contributed by atoms with Gasteiger partial charge in [0.2, 0.25) is 5.92 Å². The van der Waals surface area contributed by atoms with E-state index in [1.54, 1.807) is 0 Å². The van der Waals surface area contributed by atoms with Crippen LogP contribution in [0.5, 0.6) is 0 Å². The number of nitrogens with zero attached hydrogens (tertiary/aromatic N) is 2. The maximum absolute atomic E-state index is 13.0. The van der Waals surface area contributed by atoms with Gasteiger partial charge in [-0.3, -0.25) is 0 Å². The summed E-state index contributed by atoms with van der Waals surface area (Å²) in [6.07, 6.45) is -8.40. The molecule has 0 heterocycles. The molecular weight excluding hydrogens is 255 g/mol. The maximum Gasteiger partial charge on any atom is 0.389 e. The first kappa shape index (κ1) is 16.6. The highest BCUT2D eigenvalue weighted by molar-refractivity contribution is 5.13. The molecule has 0 unspecified atom stereocenters. The van der Waals surface area contributed by atoms with Crippen LogP contribution >= 0.6 is 0 Å². The summed E-state index contributed by atoms with van der Waals surface area (Å²) in [6.45, 7) is 1.23. The van der Waals surface area contributed by atoms with E-state index >= 15 is 0 Å². The molecule has 0 atom stereocenters. The molecule has 0 aromatic rings. The van der Waals surface area contributed by atoms with E-state index in [9.17, 15) is 22.0 Å². The summed E-state index contributed by atoms with van der Waals surface area (Å²) >= 11 is 0. The van der Waals surface area contributed by atoms with Crippen LogP contribution in [0.3, 0.4) is 0 Å². The molecule has 2 nitrogen and oxygen atoms in total. The Bertz CT molecular complexity index is 334. The van der Waals surface area contributed by atoms with Crippen LogP contribution in [0.2, 0.25) is 0 Å². The molecule has 0 aromatic heterocycles. The molecule has 0 aliphatic heterocycles. The van der Waals surface area contributed by atoms with Crippen molar-refractivity contribution in [1.82, 2.24) is 0 Å². The lowest BCUT2D eigenvalue weighted by molar-refractivity contribution is -0.138. The average Bonchev–Trinajstić information content (AvgIpc) is 2.29. The SMILES string of the molecule is CCC(F)(F)CCC(C#N)(C#N)CCC(F)(F)F. The third kappa shape index (κ3) is 5.81. The van der Waals surface area contributed by atoms with Gasteiger partial charge in [0, 0.05) is 19.3 Å². The topological polar surface area (TPSA) is 47.6 Å². The van der Waals surface area contributed by atoms with Gasteiger partial charge in [-0.2, -0.15) is 23.7 Å². The van der Waals surface area contributed by atoms with Gasteiger partial charge in [0.15, 0.2) is 0 Å². The number of nitriles is 2. The number of rotatable bonds is 6. The normalized spacial score (nSPS) is 12.9. The van der Waals surface area contributed by atoms with Crippen molar-refractivity contribution in [2.75, 3.05) is 0 Å². The minimum Gasteiger partial charge on any atom is -0.207 e. The molecule has 7 heteroatoms. The van der Waals surface area contributed by atoms with Crippen molar-refractivity contribution in [3.63, 3.8) is 0 Å². The van der Waals surface area contributed by atoms with Gasteiger partial charge in [0.1, 0.15) is 5.41 Å². The number of alkyl halides is 5. The van der Waals surface area contributed by atoms with Gasteiger partial charge >= 0.3 is 6.18 Å². The van der Waals surface area contributed by atoms with E-state index in [2.05, 4.69) is 0 Å². The Morgan fingerprint density at radius 1 is 0.833 bits per heavy atom. The Balaban J connectivity index is 4.66. The maximum atomic E-state index is 13.0. The molecule has 0 fully saturated rings. The largest absolute Gasteiger partial charge is 0.389 e. The van der Waals surface area contributed by atoms with Crippen LogP contribution in [0.25, 0.3) is 0 Å². The fourth-order valence-corrected chi connectivity index (χ4v) is 1.30. The molecule has 0 spiro atoms. The van der Waals surface area contributed by atoms with Gasteiger partial charge in [-0.05, 0) is 12.8 Å². The predicted octanol–water partition coefficient (Wildman–Crippen LogP) is 4.19. The number of hydrogen-bond donors (Lipinski definition) is 0. The molecule has 0 saturated carbocycles. The Morgan fingerprint density at radius 3 is 1.61 bits per heavy atom. The zero-order valence-corrected chi connectivity index (χ0v) is 9.82. The monoisotopic (exact) mass is 268 g/mol. The highest BCUT2D eigenvalue weighted by Gasteiger charge is 2.39. The molecule has 0 bridgehead atoms. The van der Waals surface area contributed by atoms with E-state index in [-0.39, 0.29) is 0 Å². The number of halogens is 5. The molecule has 0 radical (unpaired) electrons. The number of hydrogen-bond acceptors (Lipinski definition) is 2. The molecule has 0 aliphatic rings. The summed E-state index contributed by atoms with van der Waals surface area (Å²) in [4.78, 5) is 0. The third-order valence-corrected chi connectivity index (χ3v) is 2.70. The van der Waals surface area contributed by atoms with Gasteiger partial charge in [0.05, 0.1) is 12.1 Å². The van der Waals surface area contributed by atoms with Crippen LogP contribution in [0, 0.1) is 28.1 Å². The van der Waals surface area contributed by atoms with E-state index in [4.69, 9.17) is 10.5 Å². The van der Waals surface area contributed by atoms with E-state index < -0.39 is 49.6 Å². The zero-order valence-electron chi connectivity index (χ0n) is 9.82. The molecule has 18 heavy (non-hydrogen) atoms. The molecule has 0 rings (SSSR count). The van der Waals surface area contributed by atoms with E-state index in [0.29, 0.717) is 0 Å². The van der Waals surface area contributed by atoms with Crippen molar-refractivity contribution < 1.29 is 22.0 Å². The molecular formula is C11H13F5N2. The van der Waals surface area contributed by atoms with Gasteiger partial charge in [-0.1, -0.05) is 6.92 Å². The van der Waals surface area contributed by atoms with E-state index in [1.807, 2.05) is 0 Å². The van der Waals surface area contributed by atoms with Crippen LogP contribution in [-0.4, -0.2) is 12.1 Å². The first-order chi connectivity index (χ1) is 8.10. The van der Waals surface area contributed by atoms with Gasteiger partial charge < -0.3 is 0 Å². The fourth-order valence-electron chi connectivity index (χ4n) is 1.30. The summed E-state index contributed by atoms with van der Waals surface area (Å²) in [6, 6.07) is 2.88. The molecule has 0 amide bonds. The van der Waals surface area contributed by atoms with Crippen molar-refractivity contribution in [2.24, 2.45) is 5.41 Å². The first-order valence-corrected chi connectivity index (χ1v) is 5.37. The van der Waals surface area contributed by atoms with Crippen LogP contribution in [0.1, 0.15) is 39.0 Å². The first-order valence-electron chi connectivity index (χ1n) is 5.37. The highest BCUT2D eigenvalue weighted by Crippen LogP contribution is 2.37. The molecule has 0 aromatic carbocycles. The minimum absolute atomic E-state index is 0.473. The lowest BCUT2D eigenvalue weighted by Crippen LogP contribution is -2.24. The Labute approximate surface area is 102 Å². The standard InChI is InChI=1S/C11H13F5N2/c1-2-10(12,13)5-3-9(7-17,8-18)4-6-11(14,15)16/h2-6H2,1H3. The average molecular weight is 268 g/mol. The Morgan fingerprint density at radius 2 is 1.28 bits per heavy atom. The van der Waals surface area contributed by atoms with Gasteiger partial charge in [-0.15, -0.1) is 0 Å². The quantitative estimate of drug-likeness (QED) is 0.678. The van der Waals surface area contributed by atoms with Gasteiger partial charge in [-0.25, -0.2) is 8.78 Å². The van der Waals surface area contributed by atoms with E-state index in [0.717, 1.165) is 0 Å². The predicted molar refractivity (Wildman–Crippen MR) is 53.4 cm³/mol. The summed E-state index contributed by atoms with van der Waals surface area (Å²) < 4.78 is 62.1. The van der Waals surface area contributed by atoms with Crippen LogP contribution < -0.4 is 0 Å². The lowest BCUT2D eigenvalue weighted by Gasteiger charge is -2.22. The Kier molecular flexibility index (Phi) is 5.54. The summed E-state index contributed by atoms with van der Waals surface area (Å²) in [5.41, 5.74) is -1.99. The van der Waals surface area contributed by atoms with Crippen molar-refractivity contribution in [3.8, 4) is 12.1 Å². The summed E-state index contributed by atoms with van der Waals surface area (Å²) in [7, 11) is 0. The smallest absolute Gasteiger partial charge is 0.207 e. The van der Waals surface area contributed by atoms with Crippen molar-refractivity contribution in [2.45, 2.75) is 51.1 Å². The van der Waals surface area contributed by atoms with Crippen LogP contribution in [-0.2, 0) is 0 Å². The molecule has 102 valence electrons. The summed E-state index contributed by atoms with van der Waals surface area (Å²) in [5, 5.41) is 17.5. The summed E-state index contributed by atoms with van der Waals surface area (Å²) in [5.74, 6) is -3.06. The second-order valence-electron chi connectivity index (χ2n) is 4.13. The van der Waals surface area contributed by atoms with Crippen LogP contribution in [0.15, 0.2) is 0 Å². The lowest BCUT2D eigenvalue weighted by atomic mass is 9.80. The van der Waals surface area contributed by atoms with Crippen LogP contribution in [0.4, 0.5) is 22.0 Å². The minimum atomic E-state index is -4.51. The van der Waals surface area contributed by atoms with Crippen molar-refractivity contribution in [1.29, 1.82) is 10.5 Å². The zero-order chi connectivity index (χ0) is 14.4. The van der Waals surface area contributed by atoms with Crippen molar-refractivity contribution in [3.05, 3.63) is 0 Å². The highest BCUT2D eigenvalue weighted by atomic mass is 19.4. The molecule has 0 aliphatic carbocycles. The van der Waals surface area contributed by atoms with Gasteiger partial charge in [0.25, 0.3) is 0 Å².